The Morgan fingerprint density at radius 1 is 1.37 bits per heavy atom. The number of carboxylic acids is 1. The van der Waals surface area contributed by atoms with Crippen molar-refractivity contribution in [2.24, 2.45) is 5.29 Å². The summed E-state index contributed by atoms with van der Waals surface area (Å²) in [6, 6.07) is -2.98. The molecule has 9 nitrogen and oxygen atoms in total. The first-order valence-corrected chi connectivity index (χ1v) is 5.86. The number of nitrogens with one attached hydrogen (secondary N) is 2. The third-order valence-corrected chi connectivity index (χ3v) is 2.47. The quantitative estimate of drug-likeness (QED) is 0.343. The number of carbonyl (C=O) groups is 3. The summed E-state index contributed by atoms with van der Waals surface area (Å²) in [7, 11) is 0. The van der Waals surface area contributed by atoms with E-state index in [1.807, 2.05) is 0 Å². The predicted octanol–water partition coefficient (Wildman–Crippen LogP) is -0.104. The number of nitroso groups, excluding NO2 is 1. The highest BCUT2D eigenvalue weighted by Crippen LogP contribution is 2.02. The van der Waals surface area contributed by atoms with Gasteiger partial charge in [0.15, 0.2) is 0 Å². The molecule has 0 aliphatic rings. The lowest BCUT2D eigenvalue weighted by molar-refractivity contribution is -0.141. The summed E-state index contributed by atoms with van der Waals surface area (Å²) in [6.45, 7) is 2.66. The van der Waals surface area contributed by atoms with E-state index in [-0.39, 0.29) is 12.4 Å². The van der Waals surface area contributed by atoms with Crippen molar-refractivity contribution < 1.29 is 19.5 Å². The standard InChI is InChI=1S/C9H15ClN4O5/c1-5(8(16)17)11-7(15)6(2)14(4-3-10)9(18)12-13-19/h5-6H,3-4H2,1-2H3,(H,11,15)(H,16,17)(H,12,18,19)/t5-,6-/m0/s1. The molecule has 0 aliphatic carbocycles. The van der Waals surface area contributed by atoms with Gasteiger partial charge in [0, 0.05) is 12.4 Å². The van der Waals surface area contributed by atoms with Crippen LogP contribution in [0.4, 0.5) is 4.79 Å². The molecule has 0 aromatic rings. The van der Waals surface area contributed by atoms with E-state index in [4.69, 9.17) is 16.7 Å². The summed E-state index contributed by atoms with van der Waals surface area (Å²) in [6.07, 6.45) is 0. The molecule has 0 saturated heterocycles. The number of amides is 3. The van der Waals surface area contributed by atoms with E-state index in [0.29, 0.717) is 0 Å². The lowest BCUT2D eigenvalue weighted by atomic mass is 10.2. The van der Waals surface area contributed by atoms with Gasteiger partial charge >= 0.3 is 12.0 Å². The van der Waals surface area contributed by atoms with Crippen LogP contribution in [0.25, 0.3) is 0 Å². The zero-order chi connectivity index (χ0) is 15.0. The number of rotatable bonds is 7. The van der Waals surface area contributed by atoms with Crippen LogP contribution in [0.15, 0.2) is 5.29 Å². The highest BCUT2D eigenvalue weighted by atomic mass is 35.5. The summed E-state index contributed by atoms with van der Waals surface area (Å²) in [5.74, 6) is -1.84. The van der Waals surface area contributed by atoms with E-state index in [2.05, 4.69) is 10.6 Å². The molecule has 108 valence electrons. The number of aliphatic carboxylic acids is 1. The zero-order valence-electron chi connectivity index (χ0n) is 10.4. The van der Waals surface area contributed by atoms with Crippen LogP contribution >= 0.6 is 11.6 Å². The van der Waals surface area contributed by atoms with Crippen molar-refractivity contribution in [1.29, 1.82) is 0 Å². The first kappa shape index (κ1) is 17.1. The molecular weight excluding hydrogens is 280 g/mol. The molecule has 3 amide bonds. The molecule has 0 saturated carbocycles. The lowest BCUT2D eigenvalue weighted by Crippen LogP contribution is -2.53. The minimum absolute atomic E-state index is 0.00104. The van der Waals surface area contributed by atoms with Crippen LogP contribution in [0.5, 0.6) is 0 Å². The number of carboxylic acid groups (broad SMARTS) is 1. The Kier molecular flexibility index (Phi) is 7.42. The molecule has 0 fully saturated rings. The second-order valence-corrected chi connectivity index (χ2v) is 4.01. The number of nitrogens with zero attached hydrogens (tertiary/aromatic N) is 2. The normalized spacial score (nSPS) is 13.0. The van der Waals surface area contributed by atoms with Crippen molar-refractivity contribution in [2.45, 2.75) is 25.9 Å². The first-order valence-electron chi connectivity index (χ1n) is 5.33. The van der Waals surface area contributed by atoms with Crippen LogP contribution in [0.3, 0.4) is 0 Å². The Balaban J connectivity index is 4.74. The molecule has 0 aliphatic heterocycles. The first-order chi connectivity index (χ1) is 8.84. The van der Waals surface area contributed by atoms with Crippen molar-refractivity contribution in [3.8, 4) is 0 Å². The van der Waals surface area contributed by atoms with Crippen LogP contribution in [-0.4, -0.2) is 52.4 Å². The van der Waals surface area contributed by atoms with E-state index >= 15 is 0 Å². The SMILES string of the molecule is C[C@H](NC(=O)[C@H](C)N(CCCl)C(=O)NN=O)C(=O)O. The number of alkyl halides is 1. The van der Waals surface area contributed by atoms with E-state index < -0.39 is 30.0 Å². The molecule has 0 aromatic carbocycles. The van der Waals surface area contributed by atoms with E-state index in [0.717, 1.165) is 4.90 Å². The molecule has 3 N–H and O–H groups in total. The van der Waals surface area contributed by atoms with Crippen LogP contribution in [0.2, 0.25) is 0 Å². The van der Waals surface area contributed by atoms with Crippen LogP contribution in [0.1, 0.15) is 13.8 Å². The minimum atomic E-state index is -1.21. The second kappa shape index (κ2) is 8.25. The molecule has 0 heterocycles. The minimum Gasteiger partial charge on any atom is -0.480 e. The number of urea groups is 1. The number of carbonyl (C=O) groups excluding carboxylic acids is 2. The van der Waals surface area contributed by atoms with Gasteiger partial charge in [0.25, 0.3) is 0 Å². The summed E-state index contributed by atoms with van der Waals surface area (Å²) in [4.78, 5) is 44.7. The highest BCUT2D eigenvalue weighted by Gasteiger charge is 2.27. The molecule has 0 unspecified atom stereocenters. The van der Waals surface area contributed by atoms with E-state index in [1.165, 1.54) is 13.8 Å². The maximum Gasteiger partial charge on any atom is 0.341 e. The van der Waals surface area contributed by atoms with Crippen LogP contribution in [-0.2, 0) is 9.59 Å². The fraction of sp³-hybridized carbons (Fsp3) is 0.667. The Labute approximate surface area is 114 Å². The Morgan fingerprint density at radius 2 is 1.95 bits per heavy atom. The predicted molar refractivity (Wildman–Crippen MR) is 66.5 cm³/mol. The van der Waals surface area contributed by atoms with E-state index in [9.17, 15) is 19.3 Å². The maximum absolute atomic E-state index is 11.7. The third-order valence-electron chi connectivity index (χ3n) is 2.30. The van der Waals surface area contributed by atoms with Crippen molar-refractivity contribution in [2.75, 3.05) is 12.4 Å². The monoisotopic (exact) mass is 294 g/mol. The molecule has 10 heteroatoms. The molecular formula is C9H15ClN4O5. The average Bonchev–Trinajstić information content (AvgIpc) is 2.34. The number of hydrogen-bond acceptors (Lipinski definition) is 5. The summed E-state index contributed by atoms with van der Waals surface area (Å²) >= 11 is 5.49. The fourth-order valence-electron chi connectivity index (χ4n) is 1.20. The zero-order valence-corrected chi connectivity index (χ0v) is 11.2. The Morgan fingerprint density at radius 3 is 2.37 bits per heavy atom. The van der Waals surface area contributed by atoms with Gasteiger partial charge in [-0.25, -0.2) is 4.79 Å². The van der Waals surface area contributed by atoms with Gasteiger partial charge in [-0.3, -0.25) is 9.59 Å². The van der Waals surface area contributed by atoms with Crippen molar-refractivity contribution in [1.82, 2.24) is 15.6 Å². The smallest absolute Gasteiger partial charge is 0.341 e. The van der Waals surface area contributed by atoms with Gasteiger partial charge in [-0.05, 0) is 13.8 Å². The van der Waals surface area contributed by atoms with Gasteiger partial charge in [0.2, 0.25) is 5.91 Å². The molecule has 19 heavy (non-hydrogen) atoms. The van der Waals surface area contributed by atoms with Crippen LogP contribution < -0.4 is 10.7 Å². The molecule has 0 rings (SSSR count). The fourth-order valence-corrected chi connectivity index (χ4v) is 1.38. The highest BCUT2D eigenvalue weighted by molar-refractivity contribution is 6.18. The van der Waals surface area contributed by atoms with Gasteiger partial charge in [0.1, 0.15) is 12.1 Å². The number of hydrogen-bond donors (Lipinski definition) is 3. The summed E-state index contributed by atoms with van der Waals surface area (Å²) in [5, 5.41) is 13.1. The van der Waals surface area contributed by atoms with Crippen molar-refractivity contribution in [3.63, 3.8) is 0 Å². The van der Waals surface area contributed by atoms with Gasteiger partial charge < -0.3 is 15.3 Å². The molecule has 0 bridgehead atoms. The van der Waals surface area contributed by atoms with Crippen LogP contribution in [0, 0.1) is 4.91 Å². The van der Waals surface area contributed by atoms with Gasteiger partial charge in [-0.15, -0.1) is 16.5 Å². The average molecular weight is 295 g/mol. The van der Waals surface area contributed by atoms with Crippen molar-refractivity contribution >= 4 is 29.5 Å². The second-order valence-electron chi connectivity index (χ2n) is 3.64. The topological polar surface area (TPSA) is 128 Å². The van der Waals surface area contributed by atoms with Gasteiger partial charge in [-0.2, -0.15) is 5.43 Å². The lowest BCUT2D eigenvalue weighted by Gasteiger charge is -2.27. The van der Waals surface area contributed by atoms with Gasteiger partial charge in [-0.1, -0.05) is 0 Å². The Hall–Kier alpha value is -1.90. The molecule has 0 radical (unpaired) electrons. The molecule has 0 aromatic heterocycles. The number of halogens is 1. The van der Waals surface area contributed by atoms with Gasteiger partial charge in [0.05, 0.1) is 5.29 Å². The van der Waals surface area contributed by atoms with E-state index in [1.54, 1.807) is 5.43 Å². The molecule has 0 spiro atoms. The maximum atomic E-state index is 11.7. The third kappa shape index (κ3) is 5.51. The summed E-state index contributed by atoms with van der Waals surface area (Å²) in [5.41, 5.74) is 1.64. The van der Waals surface area contributed by atoms with Crippen molar-refractivity contribution in [3.05, 3.63) is 4.91 Å². The molecule has 2 atom stereocenters. The largest absolute Gasteiger partial charge is 0.480 e. The Bertz CT molecular complexity index is 365. The summed E-state index contributed by atoms with van der Waals surface area (Å²) < 4.78 is 0.